The molecule has 13 heavy (non-hydrogen) atoms. The lowest BCUT2D eigenvalue weighted by Crippen LogP contribution is -2.23. The molecule has 0 radical (unpaired) electrons. The fraction of sp³-hybridized carbons (Fsp3) is 0.636. The van der Waals surface area contributed by atoms with Crippen molar-refractivity contribution in [2.45, 2.75) is 32.5 Å². The Morgan fingerprint density at radius 3 is 2.69 bits per heavy atom. The van der Waals surface area contributed by atoms with Crippen molar-refractivity contribution in [1.29, 1.82) is 0 Å². The molecule has 1 fully saturated rings. The van der Waals surface area contributed by atoms with E-state index in [1.807, 2.05) is 0 Å². The number of nitrogens with one attached hydrogen (secondary N) is 1. The molecule has 2 heteroatoms. The first-order valence-corrected chi connectivity index (χ1v) is 8.49. The highest BCUT2D eigenvalue weighted by atomic mass is 28.3. The van der Waals surface area contributed by atoms with Gasteiger partial charge in [-0.2, -0.15) is 0 Å². The normalized spacial score (nSPS) is 21.0. The minimum Gasteiger partial charge on any atom is -0.313 e. The molecule has 1 heterocycles. The van der Waals surface area contributed by atoms with E-state index in [1.165, 1.54) is 25.0 Å². The van der Waals surface area contributed by atoms with E-state index < -0.39 is 8.07 Å². The molecule has 0 aliphatic carbocycles. The third-order valence-electron chi connectivity index (χ3n) is 1.93. The third-order valence-corrected chi connectivity index (χ3v) is 2.82. The van der Waals surface area contributed by atoms with E-state index in [0.717, 1.165) is 6.54 Å². The van der Waals surface area contributed by atoms with Gasteiger partial charge in [-0.25, -0.2) is 0 Å². The van der Waals surface area contributed by atoms with Gasteiger partial charge in [0.2, 0.25) is 0 Å². The van der Waals surface area contributed by atoms with E-state index in [0.29, 0.717) is 0 Å². The van der Waals surface area contributed by atoms with Crippen molar-refractivity contribution in [2.24, 2.45) is 0 Å². The first-order valence-electron chi connectivity index (χ1n) is 4.99. The van der Waals surface area contributed by atoms with Crippen molar-refractivity contribution in [1.82, 2.24) is 5.32 Å². The standard InChI is InChI=1S/C11H19NSi/c1-13(2,3)9-5-7-11-6-4-8-12-10-11/h7,12H,4,6,8,10H2,1-3H3. The SMILES string of the molecule is C[Si](C)(C)C#CC=C1CCCNC1. The van der Waals surface area contributed by atoms with Crippen LogP contribution in [0.25, 0.3) is 0 Å². The average molecular weight is 193 g/mol. The summed E-state index contributed by atoms with van der Waals surface area (Å²) < 4.78 is 0. The smallest absolute Gasteiger partial charge is 0.129 e. The molecule has 1 saturated heterocycles. The van der Waals surface area contributed by atoms with Crippen molar-refractivity contribution in [3.8, 4) is 11.5 Å². The molecule has 1 rings (SSSR count). The van der Waals surface area contributed by atoms with Gasteiger partial charge in [-0.05, 0) is 31.0 Å². The summed E-state index contributed by atoms with van der Waals surface area (Å²) in [4.78, 5) is 0. The average Bonchev–Trinajstić information content (AvgIpc) is 2.04. The van der Waals surface area contributed by atoms with Crippen molar-refractivity contribution < 1.29 is 0 Å². The summed E-state index contributed by atoms with van der Waals surface area (Å²) in [5.41, 5.74) is 4.82. The van der Waals surface area contributed by atoms with Crippen LogP contribution in [-0.4, -0.2) is 21.2 Å². The van der Waals surface area contributed by atoms with Crippen molar-refractivity contribution >= 4 is 8.07 Å². The van der Waals surface area contributed by atoms with Crippen molar-refractivity contribution in [3.05, 3.63) is 11.6 Å². The lowest BCUT2D eigenvalue weighted by atomic mass is 10.1. The summed E-state index contributed by atoms with van der Waals surface area (Å²) in [5, 5.41) is 3.36. The van der Waals surface area contributed by atoms with Crippen LogP contribution in [0.4, 0.5) is 0 Å². The van der Waals surface area contributed by atoms with Crippen LogP contribution in [0.3, 0.4) is 0 Å². The lowest BCUT2D eigenvalue weighted by molar-refractivity contribution is 0.610. The Morgan fingerprint density at radius 2 is 2.15 bits per heavy atom. The number of piperidine rings is 1. The maximum atomic E-state index is 3.36. The summed E-state index contributed by atoms with van der Waals surface area (Å²) in [6.45, 7) is 9.03. The van der Waals surface area contributed by atoms with Crippen LogP contribution < -0.4 is 5.32 Å². The zero-order chi connectivity index (χ0) is 9.73. The van der Waals surface area contributed by atoms with Crippen molar-refractivity contribution in [2.75, 3.05) is 13.1 Å². The molecule has 0 aromatic heterocycles. The van der Waals surface area contributed by atoms with Gasteiger partial charge < -0.3 is 5.32 Å². The molecule has 72 valence electrons. The van der Waals surface area contributed by atoms with Crippen LogP contribution in [0.2, 0.25) is 19.6 Å². The van der Waals surface area contributed by atoms with Gasteiger partial charge in [-0.3, -0.25) is 0 Å². The van der Waals surface area contributed by atoms with Crippen LogP contribution in [0.1, 0.15) is 12.8 Å². The monoisotopic (exact) mass is 193 g/mol. The van der Waals surface area contributed by atoms with E-state index in [4.69, 9.17) is 0 Å². The molecule has 1 aliphatic heterocycles. The fourth-order valence-electron chi connectivity index (χ4n) is 1.26. The van der Waals surface area contributed by atoms with Gasteiger partial charge in [0.25, 0.3) is 0 Å². The molecule has 0 aromatic carbocycles. The maximum absolute atomic E-state index is 3.36. The van der Waals surface area contributed by atoms with Crippen LogP contribution >= 0.6 is 0 Å². The molecule has 0 aromatic rings. The Balaban J connectivity index is 2.49. The Hall–Kier alpha value is -0.523. The van der Waals surface area contributed by atoms with E-state index in [-0.39, 0.29) is 0 Å². The molecule has 0 atom stereocenters. The summed E-state index contributed by atoms with van der Waals surface area (Å²) in [5.74, 6) is 3.20. The lowest BCUT2D eigenvalue weighted by Gasteiger charge is -2.13. The quantitative estimate of drug-likeness (QED) is 0.459. The molecular weight excluding hydrogens is 174 g/mol. The summed E-state index contributed by atoms with van der Waals surface area (Å²) >= 11 is 0. The minimum absolute atomic E-state index is 1.04. The number of rotatable bonds is 0. The molecule has 1 N–H and O–H groups in total. The Morgan fingerprint density at radius 1 is 1.38 bits per heavy atom. The van der Waals surface area contributed by atoms with Gasteiger partial charge >= 0.3 is 0 Å². The molecule has 1 aliphatic rings. The number of allylic oxidation sites excluding steroid dienone is 1. The molecule has 0 unspecified atom stereocenters. The second-order valence-corrected chi connectivity index (χ2v) is 9.35. The largest absolute Gasteiger partial charge is 0.313 e. The molecule has 0 saturated carbocycles. The number of hydrogen-bond acceptors (Lipinski definition) is 1. The van der Waals surface area contributed by atoms with Gasteiger partial charge in [0.1, 0.15) is 8.07 Å². The van der Waals surface area contributed by atoms with Crippen LogP contribution in [0.5, 0.6) is 0 Å². The molecule has 1 nitrogen and oxygen atoms in total. The molecular formula is C11H19NSi. The first-order chi connectivity index (χ1) is 6.08. The molecule has 0 amide bonds. The predicted molar refractivity (Wildman–Crippen MR) is 61.3 cm³/mol. The van der Waals surface area contributed by atoms with Gasteiger partial charge in [-0.1, -0.05) is 25.6 Å². The van der Waals surface area contributed by atoms with Crippen LogP contribution in [0.15, 0.2) is 11.6 Å². The van der Waals surface area contributed by atoms with E-state index >= 15 is 0 Å². The number of hydrogen-bond donors (Lipinski definition) is 1. The van der Waals surface area contributed by atoms with Gasteiger partial charge in [-0.15, -0.1) is 5.54 Å². The fourth-order valence-corrected chi connectivity index (χ4v) is 1.76. The highest BCUT2D eigenvalue weighted by molar-refractivity contribution is 6.83. The summed E-state index contributed by atoms with van der Waals surface area (Å²) in [6.07, 6.45) is 4.61. The topological polar surface area (TPSA) is 12.0 Å². The minimum atomic E-state index is -1.17. The molecule has 0 spiro atoms. The third kappa shape index (κ3) is 4.92. The molecule has 0 bridgehead atoms. The van der Waals surface area contributed by atoms with Gasteiger partial charge in [0.05, 0.1) is 0 Å². The Bertz CT molecular complexity index is 241. The second kappa shape index (κ2) is 4.64. The highest BCUT2D eigenvalue weighted by Crippen LogP contribution is 2.07. The Kier molecular flexibility index (Phi) is 3.77. The first kappa shape index (κ1) is 10.6. The van der Waals surface area contributed by atoms with E-state index in [1.54, 1.807) is 0 Å². The predicted octanol–water partition coefficient (Wildman–Crippen LogP) is 2.18. The summed E-state index contributed by atoms with van der Waals surface area (Å²) in [7, 11) is -1.17. The maximum Gasteiger partial charge on any atom is 0.129 e. The van der Waals surface area contributed by atoms with Gasteiger partial charge in [0.15, 0.2) is 0 Å². The highest BCUT2D eigenvalue weighted by Gasteiger charge is 2.07. The van der Waals surface area contributed by atoms with Crippen LogP contribution in [-0.2, 0) is 0 Å². The zero-order valence-corrected chi connectivity index (χ0v) is 9.91. The second-order valence-electron chi connectivity index (χ2n) is 4.60. The van der Waals surface area contributed by atoms with E-state index in [2.05, 4.69) is 42.5 Å². The van der Waals surface area contributed by atoms with Crippen molar-refractivity contribution in [3.63, 3.8) is 0 Å². The van der Waals surface area contributed by atoms with Gasteiger partial charge in [0, 0.05) is 6.54 Å². The Labute approximate surface area is 82.6 Å². The van der Waals surface area contributed by atoms with Crippen LogP contribution in [0, 0.1) is 11.5 Å². The zero-order valence-electron chi connectivity index (χ0n) is 8.91. The summed E-state index contributed by atoms with van der Waals surface area (Å²) in [6, 6.07) is 0. The van der Waals surface area contributed by atoms with E-state index in [9.17, 15) is 0 Å².